The van der Waals surface area contributed by atoms with Crippen LogP contribution in [0.5, 0.6) is 0 Å². The second kappa shape index (κ2) is 13.5. The molecule has 2 N–H and O–H groups in total. The van der Waals surface area contributed by atoms with Gasteiger partial charge in [0, 0.05) is 5.75 Å². The Hall–Kier alpha value is -0.750. The van der Waals surface area contributed by atoms with Gasteiger partial charge in [0.05, 0.1) is 6.61 Å². The number of carbonyl (C=O) groups is 2. The van der Waals surface area contributed by atoms with E-state index in [0.29, 0.717) is 6.61 Å². The van der Waals surface area contributed by atoms with Crippen molar-refractivity contribution in [2.24, 2.45) is 5.73 Å². The molecule has 0 rings (SSSR count). The Morgan fingerprint density at radius 2 is 1.54 bits per heavy atom. The molecule has 1 atom stereocenters. The molecular weight excluding hydrogens is 326 g/mol. The fourth-order valence-electron chi connectivity index (χ4n) is 2.02. The van der Waals surface area contributed by atoms with Gasteiger partial charge in [0.1, 0.15) is 11.6 Å². The number of nitrogens with two attached hydrogens (primary N) is 1. The first kappa shape index (κ1) is 23.2. The molecule has 0 spiro atoms. The lowest BCUT2D eigenvalue weighted by atomic mass is 10.1. The lowest BCUT2D eigenvalue weighted by Crippen LogP contribution is -2.35. The number of carbonyl (C=O) groups excluding carboxylic acids is 2. The summed E-state index contributed by atoms with van der Waals surface area (Å²) in [6.45, 7) is 8.00. The SMILES string of the molecule is CCCCCCCCCCOC(=O)[C@@H](N)CSC(=O)OC(C)(C)C. The number of unbranched alkanes of at least 4 members (excludes halogenated alkanes) is 7. The Morgan fingerprint density at radius 3 is 2.08 bits per heavy atom. The van der Waals surface area contributed by atoms with E-state index in [2.05, 4.69) is 6.92 Å². The Labute approximate surface area is 151 Å². The maximum atomic E-state index is 11.7. The highest BCUT2D eigenvalue weighted by Gasteiger charge is 2.21. The minimum absolute atomic E-state index is 0.172. The Morgan fingerprint density at radius 1 is 1.00 bits per heavy atom. The molecule has 0 saturated heterocycles. The average molecular weight is 362 g/mol. The highest BCUT2D eigenvalue weighted by molar-refractivity contribution is 8.13. The van der Waals surface area contributed by atoms with Gasteiger partial charge in [0.15, 0.2) is 0 Å². The summed E-state index contributed by atoms with van der Waals surface area (Å²) in [7, 11) is 0. The maximum Gasteiger partial charge on any atom is 0.367 e. The van der Waals surface area contributed by atoms with Gasteiger partial charge in [-0.25, -0.2) is 4.79 Å². The normalized spacial score (nSPS) is 12.7. The average Bonchev–Trinajstić information content (AvgIpc) is 2.49. The van der Waals surface area contributed by atoms with Crippen LogP contribution in [0.2, 0.25) is 0 Å². The molecule has 0 aliphatic rings. The van der Waals surface area contributed by atoms with Gasteiger partial charge in [-0.1, -0.05) is 51.9 Å². The van der Waals surface area contributed by atoms with Crippen LogP contribution < -0.4 is 5.73 Å². The van der Waals surface area contributed by atoms with E-state index in [-0.39, 0.29) is 5.75 Å². The van der Waals surface area contributed by atoms with Crippen molar-refractivity contribution in [3.63, 3.8) is 0 Å². The second-order valence-electron chi connectivity index (χ2n) is 7.02. The van der Waals surface area contributed by atoms with Crippen molar-refractivity contribution in [1.82, 2.24) is 0 Å². The molecule has 0 aliphatic carbocycles. The standard InChI is InChI=1S/C18H35NO4S/c1-5-6-7-8-9-10-11-12-13-22-16(20)15(19)14-24-17(21)23-18(2,3)4/h15H,5-14,19H2,1-4H3/t15-/m0/s1. The molecule has 0 bridgehead atoms. The minimum Gasteiger partial charge on any atom is -0.465 e. The molecule has 142 valence electrons. The molecule has 0 amide bonds. The van der Waals surface area contributed by atoms with Crippen molar-refractivity contribution >= 4 is 23.0 Å². The van der Waals surface area contributed by atoms with Crippen LogP contribution in [0, 0.1) is 0 Å². The third-order valence-corrected chi connectivity index (χ3v) is 4.16. The molecule has 0 unspecified atom stereocenters. The van der Waals surface area contributed by atoms with E-state index < -0.39 is 22.9 Å². The molecule has 5 nitrogen and oxygen atoms in total. The molecular formula is C18H35NO4S. The van der Waals surface area contributed by atoms with Crippen molar-refractivity contribution < 1.29 is 19.1 Å². The third-order valence-electron chi connectivity index (χ3n) is 3.32. The molecule has 0 aromatic rings. The Balaban J connectivity index is 3.61. The first-order valence-electron chi connectivity index (χ1n) is 9.04. The van der Waals surface area contributed by atoms with E-state index in [4.69, 9.17) is 15.2 Å². The van der Waals surface area contributed by atoms with Crippen molar-refractivity contribution in [3.05, 3.63) is 0 Å². The van der Waals surface area contributed by atoms with Gasteiger partial charge in [-0.2, -0.15) is 0 Å². The van der Waals surface area contributed by atoms with E-state index in [1.165, 1.54) is 38.5 Å². The zero-order valence-electron chi connectivity index (χ0n) is 15.8. The van der Waals surface area contributed by atoms with Crippen LogP contribution in [0.15, 0.2) is 0 Å². The van der Waals surface area contributed by atoms with Crippen LogP contribution >= 0.6 is 11.8 Å². The number of ether oxygens (including phenoxy) is 2. The van der Waals surface area contributed by atoms with Crippen LogP contribution in [-0.4, -0.2) is 35.3 Å². The van der Waals surface area contributed by atoms with Crippen molar-refractivity contribution in [2.45, 2.75) is 90.7 Å². The second-order valence-corrected chi connectivity index (χ2v) is 7.98. The molecule has 0 saturated carbocycles. The third kappa shape index (κ3) is 14.8. The zero-order valence-corrected chi connectivity index (χ0v) is 16.6. The predicted octanol–water partition coefficient (Wildman–Crippen LogP) is 4.67. The number of rotatable bonds is 12. The first-order valence-corrected chi connectivity index (χ1v) is 10.0. The van der Waals surface area contributed by atoms with Gasteiger partial charge in [0.2, 0.25) is 0 Å². The highest BCUT2D eigenvalue weighted by Crippen LogP contribution is 2.15. The van der Waals surface area contributed by atoms with Gasteiger partial charge in [0.25, 0.3) is 0 Å². The molecule has 0 aromatic carbocycles. The highest BCUT2D eigenvalue weighted by atomic mass is 32.2. The van der Waals surface area contributed by atoms with Crippen molar-refractivity contribution in [3.8, 4) is 0 Å². The van der Waals surface area contributed by atoms with Crippen LogP contribution in [0.25, 0.3) is 0 Å². The van der Waals surface area contributed by atoms with Gasteiger partial charge in [-0.15, -0.1) is 0 Å². The van der Waals surface area contributed by atoms with Crippen LogP contribution in [0.4, 0.5) is 4.79 Å². The quantitative estimate of drug-likeness (QED) is 0.402. The van der Waals surface area contributed by atoms with Crippen LogP contribution in [-0.2, 0) is 14.3 Å². The summed E-state index contributed by atoms with van der Waals surface area (Å²) in [6.07, 6.45) is 9.56. The lowest BCUT2D eigenvalue weighted by molar-refractivity contribution is -0.144. The molecule has 0 fully saturated rings. The smallest absolute Gasteiger partial charge is 0.367 e. The zero-order chi connectivity index (χ0) is 18.4. The van der Waals surface area contributed by atoms with Crippen molar-refractivity contribution in [2.75, 3.05) is 12.4 Å². The molecule has 0 aromatic heterocycles. The molecule has 0 heterocycles. The van der Waals surface area contributed by atoms with Crippen LogP contribution in [0.1, 0.15) is 79.1 Å². The largest absolute Gasteiger partial charge is 0.465 e. The fraction of sp³-hybridized carbons (Fsp3) is 0.889. The maximum absolute atomic E-state index is 11.7. The van der Waals surface area contributed by atoms with E-state index in [9.17, 15) is 9.59 Å². The van der Waals surface area contributed by atoms with Crippen LogP contribution in [0.3, 0.4) is 0 Å². The van der Waals surface area contributed by atoms with E-state index in [1.807, 2.05) is 0 Å². The number of thioether (sulfide) groups is 1. The van der Waals surface area contributed by atoms with Gasteiger partial charge in [-0.05, 0) is 39.0 Å². The summed E-state index contributed by atoms with van der Waals surface area (Å²) >= 11 is 0.909. The monoisotopic (exact) mass is 361 g/mol. The minimum atomic E-state index is -0.795. The summed E-state index contributed by atoms with van der Waals surface area (Å²) in [4.78, 5) is 23.3. The van der Waals surface area contributed by atoms with Gasteiger partial charge >= 0.3 is 11.3 Å². The van der Waals surface area contributed by atoms with Gasteiger partial charge in [-0.3, -0.25) is 4.79 Å². The van der Waals surface area contributed by atoms with Gasteiger partial charge < -0.3 is 15.2 Å². The van der Waals surface area contributed by atoms with E-state index in [1.54, 1.807) is 20.8 Å². The summed E-state index contributed by atoms with van der Waals surface area (Å²) in [6, 6.07) is -0.795. The van der Waals surface area contributed by atoms with Crippen molar-refractivity contribution in [1.29, 1.82) is 0 Å². The topological polar surface area (TPSA) is 78.6 Å². The fourth-order valence-corrected chi connectivity index (χ4v) is 2.78. The molecule has 24 heavy (non-hydrogen) atoms. The summed E-state index contributed by atoms with van der Waals surface area (Å²) < 4.78 is 10.3. The predicted molar refractivity (Wildman–Crippen MR) is 100 cm³/mol. The first-order chi connectivity index (χ1) is 11.3. The lowest BCUT2D eigenvalue weighted by Gasteiger charge is -2.19. The molecule has 6 heteroatoms. The summed E-state index contributed by atoms with van der Waals surface area (Å²) in [5.74, 6) is -0.278. The Bertz CT molecular complexity index is 355. The molecule has 0 aliphatic heterocycles. The summed E-state index contributed by atoms with van der Waals surface area (Å²) in [5, 5.41) is -0.422. The summed E-state index contributed by atoms with van der Waals surface area (Å²) in [5.41, 5.74) is 5.20. The Kier molecular flexibility index (Phi) is 13.1. The van der Waals surface area contributed by atoms with E-state index >= 15 is 0 Å². The number of hydrogen-bond acceptors (Lipinski definition) is 6. The number of hydrogen-bond donors (Lipinski definition) is 1. The molecule has 0 radical (unpaired) electrons. The number of esters is 1. The van der Waals surface area contributed by atoms with E-state index in [0.717, 1.165) is 24.6 Å².